The molecular weight excluding hydrogens is 340 g/mol. The highest BCUT2D eigenvalue weighted by atomic mass is 16.2. The highest BCUT2D eigenvalue weighted by molar-refractivity contribution is 6.37. The van der Waals surface area contributed by atoms with Gasteiger partial charge in [-0.3, -0.25) is 14.2 Å². The topological polar surface area (TPSA) is 68.3 Å². The first kappa shape index (κ1) is 17.0. The van der Waals surface area contributed by atoms with E-state index in [0.717, 1.165) is 29.2 Å². The van der Waals surface area contributed by atoms with Gasteiger partial charge in [-0.2, -0.15) is 20.3 Å². The number of carbonyl (C=O) groups is 1. The van der Waals surface area contributed by atoms with Gasteiger partial charge < -0.3 is 0 Å². The van der Waals surface area contributed by atoms with Crippen LogP contribution in [0, 0.1) is 6.92 Å². The summed E-state index contributed by atoms with van der Waals surface area (Å²) in [4.78, 5) is 13.2. The molecule has 0 saturated heterocycles. The number of aromatic nitrogens is 4. The Hall–Kier alpha value is -3.48. The summed E-state index contributed by atoms with van der Waals surface area (Å²) in [6.45, 7) is 4.71. The summed E-state index contributed by atoms with van der Waals surface area (Å²) in [6.07, 6.45) is 5.50. The Bertz CT molecular complexity index is 1060. The second-order valence-corrected chi connectivity index (χ2v) is 6.38. The lowest BCUT2D eigenvalue weighted by molar-refractivity contribution is -0.114. The Balaban J connectivity index is 1.83. The van der Waals surface area contributed by atoms with E-state index in [1.165, 1.54) is 5.01 Å². The third kappa shape index (κ3) is 3.08. The first-order valence-corrected chi connectivity index (χ1v) is 8.80. The minimum Gasteiger partial charge on any atom is -0.272 e. The van der Waals surface area contributed by atoms with Crippen LogP contribution in [0.1, 0.15) is 23.9 Å². The van der Waals surface area contributed by atoms with Crippen molar-refractivity contribution in [3.8, 4) is 0 Å². The van der Waals surface area contributed by atoms with Gasteiger partial charge in [0.25, 0.3) is 5.91 Å². The van der Waals surface area contributed by atoms with E-state index >= 15 is 0 Å². The van der Waals surface area contributed by atoms with Crippen LogP contribution < -0.4 is 5.01 Å². The molecule has 7 heteroatoms. The Morgan fingerprint density at radius 3 is 2.59 bits per heavy atom. The number of rotatable bonds is 4. The van der Waals surface area contributed by atoms with E-state index in [4.69, 9.17) is 0 Å². The molecule has 0 atom stereocenters. The zero-order chi connectivity index (χ0) is 19.0. The average Bonchev–Trinajstić information content (AvgIpc) is 3.35. The largest absolute Gasteiger partial charge is 0.281 e. The van der Waals surface area contributed by atoms with E-state index in [1.54, 1.807) is 10.9 Å². The van der Waals surface area contributed by atoms with Gasteiger partial charge >= 0.3 is 0 Å². The highest BCUT2D eigenvalue weighted by Crippen LogP contribution is 2.27. The summed E-state index contributed by atoms with van der Waals surface area (Å²) in [6, 6.07) is 11.4. The normalized spacial score (nSPS) is 15.7. The summed E-state index contributed by atoms with van der Waals surface area (Å²) in [5.41, 5.74) is 4.40. The number of hydrogen-bond acceptors (Lipinski definition) is 4. The van der Waals surface area contributed by atoms with Crippen LogP contribution in [0.2, 0.25) is 0 Å². The molecule has 136 valence electrons. The number of hydrazone groups is 1. The Labute approximate surface area is 157 Å². The quantitative estimate of drug-likeness (QED) is 0.672. The number of benzene rings is 1. The zero-order valence-electron chi connectivity index (χ0n) is 15.5. The Kier molecular flexibility index (Phi) is 4.19. The summed E-state index contributed by atoms with van der Waals surface area (Å²) in [5, 5.41) is 14.8. The van der Waals surface area contributed by atoms with Crippen molar-refractivity contribution in [1.29, 1.82) is 0 Å². The van der Waals surface area contributed by atoms with Crippen molar-refractivity contribution in [3.05, 3.63) is 71.3 Å². The second kappa shape index (κ2) is 6.68. The van der Waals surface area contributed by atoms with Crippen molar-refractivity contribution in [2.45, 2.75) is 20.4 Å². The first-order valence-electron chi connectivity index (χ1n) is 8.80. The van der Waals surface area contributed by atoms with E-state index in [2.05, 4.69) is 15.3 Å². The molecule has 0 unspecified atom stereocenters. The van der Waals surface area contributed by atoms with E-state index in [0.29, 0.717) is 11.3 Å². The lowest BCUT2D eigenvalue weighted by atomic mass is 10.1. The fourth-order valence-corrected chi connectivity index (χ4v) is 3.10. The van der Waals surface area contributed by atoms with Gasteiger partial charge in [0, 0.05) is 25.4 Å². The van der Waals surface area contributed by atoms with Gasteiger partial charge in [-0.15, -0.1) is 0 Å². The maximum Gasteiger partial charge on any atom is 0.281 e. The highest BCUT2D eigenvalue weighted by Gasteiger charge is 2.33. The molecule has 1 aliphatic rings. The Morgan fingerprint density at radius 2 is 1.96 bits per heavy atom. The minimum atomic E-state index is -0.167. The monoisotopic (exact) mass is 360 g/mol. The molecule has 0 fully saturated rings. The molecule has 0 radical (unpaired) electrons. The maximum absolute atomic E-state index is 13.2. The molecule has 0 aliphatic carbocycles. The second-order valence-electron chi connectivity index (χ2n) is 6.38. The molecule has 3 aromatic rings. The van der Waals surface area contributed by atoms with Crippen molar-refractivity contribution < 1.29 is 4.79 Å². The van der Waals surface area contributed by atoms with E-state index < -0.39 is 0 Å². The van der Waals surface area contributed by atoms with Crippen molar-refractivity contribution in [2.24, 2.45) is 12.1 Å². The zero-order valence-corrected chi connectivity index (χ0v) is 15.5. The molecule has 0 N–H and O–H groups in total. The van der Waals surface area contributed by atoms with E-state index in [-0.39, 0.29) is 5.91 Å². The standard InChI is InChI=1S/C20H20N6O/c1-4-25-13-15(12-21-25)11-17-19(18-10-14(2)22-24(18)3)23-26(20(17)27)16-8-6-5-7-9-16/h5-13H,4H2,1-3H3. The van der Waals surface area contributed by atoms with E-state index in [1.807, 2.05) is 74.2 Å². The predicted molar refractivity (Wildman–Crippen MR) is 104 cm³/mol. The molecule has 1 aromatic carbocycles. The maximum atomic E-state index is 13.2. The van der Waals surface area contributed by atoms with Gasteiger partial charge in [0.05, 0.1) is 28.8 Å². The lowest BCUT2D eigenvalue weighted by Gasteiger charge is -2.10. The molecule has 7 nitrogen and oxygen atoms in total. The number of hydrogen-bond donors (Lipinski definition) is 0. The van der Waals surface area contributed by atoms with Gasteiger partial charge in [-0.1, -0.05) is 18.2 Å². The average molecular weight is 360 g/mol. The lowest BCUT2D eigenvalue weighted by Crippen LogP contribution is -2.21. The van der Waals surface area contributed by atoms with Crippen LogP contribution in [0.25, 0.3) is 6.08 Å². The molecule has 27 heavy (non-hydrogen) atoms. The summed E-state index contributed by atoms with van der Waals surface area (Å²) < 4.78 is 3.57. The number of carbonyl (C=O) groups excluding carboxylic acids is 1. The molecule has 4 rings (SSSR count). The SMILES string of the molecule is CCn1cc(C=C2C(=O)N(c3ccccc3)N=C2c2cc(C)nn2C)cn1. The number of nitrogens with zero attached hydrogens (tertiary/aromatic N) is 6. The molecular formula is C20H20N6O. The van der Waals surface area contributed by atoms with Crippen molar-refractivity contribution in [2.75, 3.05) is 5.01 Å². The molecule has 1 amide bonds. The molecule has 0 saturated carbocycles. The fourth-order valence-electron chi connectivity index (χ4n) is 3.10. The predicted octanol–water partition coefficient (Wildman–Crippen LogP) is 2.78. The first-order chi connectivity index (χ1) is 13.1. The Morgan fingerprint density at radius 1 is 1.19 bits per heavy atom. The fraction of sp³-hybridized carbons (Fsp3) is 0.200. The molecule has 3 heterocycles. The van der Waals surface area contributed by atoms with Gasteiger partial charge in [-0.05, 0) is 38.1 Å². The number of aryl methyl sites for hydroxylation is 3. The van der Waals surface area contributed by atoms with Gasteiger partial charge in [0.1, 0.15) is 5.71 Å². The van der Waals surface area contributed by atoms with Crippen molar-refractivity contribution >= 4 is 23.4 Å². The molecule has 0 spiro atoms. The number of amides is 1. The van der Waals surface area contributed by atoms with Crippen LogP contribution in [-0.4, -0.2) is 31.2 Å². The summed E-state index contributed by atoms with van der Waals surface area (Å²) >= 11 is 0. The molecule has 1 aliphatic heterocycles. The van der Waals surface area contributed by atoms with Crippen molar-refractivity contribution in [3.63, 3.8) is 0 Å². The van der Waals surface area contributed by atoms with Crippen molar-refractivity contribution in [1.82, 2.24) is 19.6 Å². The van der Waals surface area contributed by atoms with Crippen LogP contribution in [-0.2, 0) is 18.4 Å². The third-order valence-electron chi connectivity index (χ3n) is 4.41. The molecule has 0 bridgehead atoms. The van der Waals surface area contributed by atoms with Crippen LogP contribution in [0.15, 0.2) is 59.5 Å². The minimum absolute atomic E-state index is 0.167. The van der Waals surface area contributed by atoms with Gasteiger partial charge in [0.15, 0.2) is 0 Å². The van der Waals surface area contributed by atoms with Crippen LogP contribution >= 0.6 is 0 Å². The summed E-state index contributed by atoms with van der Waals surface area (Å²) in [5.74, 6) is -0.167. The van der Waals surface area contributed by atoms with E-state index in [9.17, 15) is 4.79 Å². The van der Waals surface area contributed by atoms with Crippen LogP contribution in [0.5, 0.6) is 0 Å². The third-order valence-corrected chi connectivity index (χ3v) is 4.41. The van der Waals surface area contributed by atoms with Gasteiger partial charge in [-0.25, -0.2) is 0 Å². The summed E-state index contributed by atoms with van der Waals surface area (Å²) in [7, 11) is 1.85. The smallest absolute Gasteiger partial charge is 0.272 e. The number of para-hydroxylation sites is 1. The number of anilines is 1. The van der Waals surface area contributed by atoms with Crippen LogP contribution in [0.3, 0.4) is 0 Å². The van der Waals surface area contributed by atoms with Crippen LogP contribution in [0.4, 0.5) is 5.69 Å². The molecule has 2 aromatic heterocycles. The van der Waals surface area contributed by atoms with Gasteiger partial charge in [0.2, 0.25) is 0 Å².